The first-order valence-electron chi connectivity index (χ1n) is 5.62. The largest absolute Gasteiger partial charge is 0.458 e. The SMILES string of the molecule is CCOC(=O)C(=O)OCCCc1ccccc1. The van der Waals surface area contributed by atoms with Gasteiger partial charge in [-0.05, 0) is 25.3 Å². The molecule has 17 heavy (non-hydrogen) atoms. The number of aryl methyl sites for hydroxylation is 1. The maximum absolute atomic E-state index is 11.0. The van der Waals surface area contributed by atoms with Crippen LogP contribution in [0.5, 0.6) is 0 Å². The average molecular weight is 236 g/mol. The molecule has 1 aromatic rings. The number of carbonyl (C=O) groups is 2. The van der Waals surface area contributed by atoms with Crippen LogP contribution >= 0.6 is 0 Å². The van der Waals surface area contributed by atoms with E-state index in [4.69, 9.17) is 4.74 Å². The molecule has 0 aliphatic heterocycles. The van der Waals surface area contributed by atoms with E-state index in [-0.39, 0.29) is 13.2 Å². The minimum atomic E-state index is -0.924. The van der Waals surface area contributed by atoms with Crippen LogP contribution in [0.3, 0.4) is 0 Å². The van der Waals surface area contributed by atoms with Crippen molar-refractivity contribution in [3.63, 3.8) is 0 Å². The van der Waals surface area contributed by atoms with E-state index in [2.05, 4.69) is 4.74 Å². The number of carbonyl (C=O) groups excluding carboxylic acids is 2. The fraction of sp³-hybridized carbons (Fsp3) is 0.385. The monoisotopic (exact) mass is 236 g/mol. The summed E-state index contributed by atoms with van der Waals surface area (Å²) in [5.74, 6) is -1.84. The smallest absolute Gasteiger partial charge is 0.417 e. The van der Waals surface area contributed by atoms with Crippen molar-refractivity contribution < 1.29 is 19.1 Å². The van der Waals surface area contributed by atoms with Gasteiger partial charge in [0.2, 0.25) is 0 Å². The first kappa shape index (κ1) is 13.2. The van der Waals surface area contributed by atoms with Gasteiger partial charge in [0, 0.05) is 0 Å². The Morgan fingerprint density at radius 1 is 1.06 bits per heavy atom. The van der Waals surface area contributed by atoms with E-state index >= 15 is 0 Å². The molecule has 1 aromatic carbocycles. The van der Waals surface area contributed by atoms with Crippen LogP contribution in [0.4, 0.5) is 0 Å². The lowest BCUT2D eigenvalue weighted by Gasteiger charge is -2.04. The number of benzene rings is 1. The van der Waals surface area contributed by atoms with Crippen molar-refractivity contribution in [2.45, 2.75) is 19.8 Å². The standard InChI is InChI=1S/C13H16O4/c1-2-16-12(14)13(15)17-10-6-9-11-7-4-3-5-8-11/h3-5,7-8H,2,6,9-10H2,1H3. The molecule has 0 aliphatic carbocycles. The molecule has 4 heteroatoms. The predicted octanol–water partition coefficient (Wildman–Crippen LogP) is 1.73. The van der Waals surface area contributed by atoms with Crippen molar-refractivity contribution in [3.8, 4) is 0 Å². The summed E-state index contributed by atoms with van der Waals surface area (Å²) >= 11 is 0. The van der Waals surface area contributed by atoms with Gasteiger partial charge in [0.1, 0.15) is 0 Å². The summed E-state index contributed by atoms with van der Waals surface area (Å²) in [6.07, 6.45) is 1.51. The molecular weight excluding hydrogens is 220 g/mol. The fourth-order valence-corrected chi connectivity index (χ4v) is 1.33. The molecule has 0 unspecified atom stereocenters. The Labute approximate surface area is 101 Å². The van der Waals surface area contributed by atoms with Gasteiger partial charge in [0.25, 0.3) is 0 Å². The molecule has 0 fully saturated rings. The summed E-state index contributed by atoms with van der Waals surface area (Å²) in [6.45, 7) is 2.05. The van der Waals surface area contributed by atoms with Gasteiger partial charge < -0.3 is 9.47 Å². The molecule has 0 saturated heterocycles. The molecule has 0 spiro atoms. The highest BCUT2D eigenvalue weighted by molar-refractivity contribution is 6.29. The Bertz CT molecular complexity index is 359. The van der Waals surface area contributed by atoms with Crippen molar-refractivity contribution in [2.24, 2.45) is 0 Å². The second kappa shape index (κ2) is 7.44. The minimum Gasteiger partial charge on any atom is -0.458 e. The highest BCUT2D eigenvalue weighted by Gasteiger charge is 2.15. The summed E-state index contributed by atoms with van der Waals surface area (Å²) < 4.78 is 9.27. The quantitative estimate of drug-likeness (QED) is 0.444. The second-order valence-corrected chi connectivity index (χ2v) is 3.45. The van der Waals surface area contributed by atoms with Gasteiger partial charge in [-0.2, -0.15) is 0 Å². The third kappa shape index (κ3) is 5.15. The van der Waals surface area contributed by atoms with Gasteiger partial charge in [-0.1, -0.05) is 30.3 Å². The molecule has 0 N–H and O–H groups in total. The normalized spacial score (nSPS) is 9.71. The number of hydrogen-bond acceptors (Lipinski definition) is 4. The van der Waals surface area contributed by atoms with Crippen molar-refractivity contribution in [2.75, 3.05) is 13.2 Å². The second-order valence-electron chi connectivity index (χ2n) is 3.45. The molecule has 1 rings (SSSR count). The van der Waals surface area contributed by atoms with Crippen LogP contribution in [0.15, 0.2) is 30.3 Å². The van der Waals surface area contributed by atoms with Crippen LogP contribution in [0, 0.1) is 0 Å². The van der Waals surface area contributed by atoms with Gasteiger partial charge in [-0.15, -0.1) is 0 Å². The van der Waals surface area contributed by atoms with Crippen LogP contribution in [0.1, 0.15) is 18.9 Å². The molecule has 0 heterocycles. The first-order valence-corrected chi connectivity index (χ1v) is 5.62. The summed E-state index contributed by atoms with van der Waals surface area (Å²) in [5, 5.41) is 0. The molecule has 0 aliphatic rings. The van der Waals surface area contributed by atoms with E-state index < -0.39 is 11.9 Å². The summed E-state index contributed by atoms with van der Waals surface area (Å²) in [4.78, 5) is 22.0. The third-order valence-electron chi connectivity index (χ3n) is 2.13. The van der Waals surface area contributed by atoms with Gasteiger partial charge in [0.05, 0.1) is 13.2 Å². The zero-order valence-corrected chi connectivity index (χ0v) is 9.85. The van der Waals surface area contributed by atoms with E-state index in [1.807, 2.05) is 30.3 Å². The summed E-state index contributed by atoms with van der Waals surface area (Å²) in [7, 11) is 0. The van der Waals surface area contributed by atoms with Crippen LogP contribution in [-0.4, -0.2) is 25.2 Å². The zero-order valence-electron chi connectivity index (χ0n) is 9.85. The van der Waals surface area contributed by atoms with E-state index in [0.717, 1.165) is 6.42 Å². The molecule has 0 bridgehead atoms. The van der Waals surface area contributed by atoms with Gasteiger partial charge in [-0.3, -0.25) is 0 Å². The van der Waals surface area contributed by atoms with Crippen LogP contribution in [0.2, 0.25) is 0 Å². The maximum atomic E-state index is 11.0. The van der Waals surface area contributed by atoms with E-state index in [9.17, 15) is 9.59 Å². The summed E-state index contributed by atoms with van der Waals surface area (Å²) in [5.41, 5.74) is 1.18. The Kier molecular flexibility index (Phi) is 5.79. The van der Waals surface area contributed by atoms with E-state index in [0.29, 0.717) is 6.42 Å². The molecule has 0 saturated carbocycles. The van der Waals surface area contributed by atoms with Crippen molar-refractivity contribution in [3.05, 3.63) is 35.9 Å². The van der Waals surface area contributed by atoms with Crippen LogP contribution in [-0.2, 0) is 25.5 Å². The third-order valence-corrected chi connectivity index (χ3v) is 2.13. The number of esters is 2. The molecule has 0 aromatic heterocycles. The lowest BCUT2D eigenvalue weighted by Crippen LogP contribution is -2.20. The van der Waals surface area contributed by atoms with Crippen molar-refractivity contribution >= 4 is 11.9 Å². The lowest BCUT2D eigenvalue weighted by atomic mass is 10.1. The molecule has 0 atom stereocenters. The minimum absolute atomic E-state index is 0.179. The van der Waals surface area contributed by atoms with Crippen molar-refractivity contribution in [1.82, 2.24) is 0 Å². The Morgan fingerprint density at radius 2 is 1.71 bits per heavy atom. The highest BCUT2D eigenvalue weighted by Crippen LogP contribution is 2.02. The number of rotatable bonds is 5. The lowest BCUT2D eigenvalue weighted by molar-refractivity contribution is -0.167. The Morgan fingerprint density at radius 3 is 2.35 bits per heavy atom. The topological polar surface area (TPSA) is 52.6 Å². The molecular formula is C13H16O4. The maximum Gasteiger partial charge on any atom is 0.417 e. The molecule has 0 amide bonds. The zero-order chi connectivity index (χ0) is 12.5. The number of ether oxygens (including phenoxy) is 2. The average Bonchev–Trinajstić information content (AvgIpc) is 2.36. The molecule has 4 nitrogen and oxygen atoms in total. The Balaban J connectivity index is 2.16. The van der Waals surface area contributed by atoms with Gasteiger partial charge >= 0.3 is 11.9 Å². The predicted molar refractivity (Wildman–Crippen MR) is 62.4 cm³/mol. The Hall–Kier alpha value is -1.84. The fourth-order valence-electron chi connectivity index (χ4n) is 1.33. The van der Waals surface area contributed by atoms with Gasteiger partial charge in [0.15, 0.2) is 0 Å². The van der Waals surface area contributed by atoms with E-state index in [1.54, 1.807) is 6.92 Å². The number of hydrogen-bond donors (Lipinski definition) is 0. The summed E-state index contributed by atoms with van der Waals surface area (Å²) in [6, 6.07) is 9.88. The molecule has 92 valence electrons. The van der Waals surface area contributed by atoms with Crippen LogP contribution in [0.25, 0.3) is 0 Å². The molecule has 0 radical (unpaired) electrons. The highest BCUT2D eigenvalue weighted by atomic mass is 16.6. The first-order chi connectivity index (χ1) is 8.24. The van der Waals surface area contributed by atoms with Crippen molar-refractivity contribution in [1.29, 1.82) is 0 Å². The van der Waals surface area contributed by atoms with Crippen LogP contribution < -0.4 is 0 Å². The van der Waals surface area contributed by atoms with Gasteiger partial charge in [-0.25, -0.2) is 9.59 Å². The van der Waals surface area contributed by atoms with E-state index in [1.165, 1.54) is 5.56 Å².